The Morgan fingerprint density at radius 1 is 1.06 bits per heavy atom. The highest BCUT2D eigenvalue weighted by atomic mass is 16.5. The van der Waals surface area contributed by atoms with Gasteiger partial charge in [-0.2, -0.15) is 5.10 Å². The zero-order chi connectivity index (χ0) is 22.2. The van der Waals surface area contributed by atoms with E-state index in [1.165, 1.54) is 21.1 Å². The molecular weight excluding hydrogens is 398 g/mol. The number of anilines is 1. The van der Waals surface area contributed by atoms with Crippen molar-refractivity contribution in [3.8, 4) is 17.2 Å². The second kappa shape index (κ2) is 10.3. The number of benzene rings is 2. The number of rotatable bonds is 9. The Balaban J connectivity index is 1.49. The second-order valence-corrected chi connectivity index (χ2v) is 6.82. The molecular formula is C23H25N3O5. The second-order valence-electron chi connectivity index (χ2n) is 6.82. The number of carbonyl (C=O) groups excluding carboxylic acids is 2. The Kier molecular flexibility index (Phi) is 7.26. The van der Waals surface area contributed by atoms with E-state index in [0.717, 1.165) is 11.3 Å². The quantitative estimate of drug-likeness (QED) is 0.531. The highest BCUT2D eigenvalue weighted by Crippen LogP contribution is 2.29. The molecule has 0 aliphatic carbocycles. The van der Waals surface area contributed by atoms with E-state index in [9.17, 15) is 9.59 Å². The average Bonchev–Trinajstić information content (AvgIpc) is 3.27. The summed E-state index contributed by atoms with van der Waals surface area (Å²) in [6.07, 6.45) is 3.26. The van der Waals surface area contributed by atoms with Gasteiger partial charge < -0.3 is 19.5 Å². The number of ether oxygens (including phenoxy) is 3. The highest BCUT2D eigenvalue weighted by Gasteiger charge is 2.19. The predicted octanol–water partition coefficient (Wildman–Crippen LogP) is 3.39. The number of hydrogen-bond donors (Lipinski definition) is 1. The normalized spacial score (nSPS) is 11.5. The van der Waals surface area contributed by atoms with Crippen LogP contribution >= 0.6 is 0 Å². The van der Waals surface area contributed by atoms with Crippen LogP contribution in [-0.4, -0.2) is 42.0 Å². The molecule has 31 heavy (non-hydrogen) atoms. The lowest BCUT2D eigenvalue weighted by Crippen LogP contribution is -2.30. The molecule has 1 aromatic heterocycles. The standard InChI is InChI=1S/C23H25N3O5/c1-16(23(28)25-18-10-11-20(29-2)21(13-18)30-3)31-22(27)12-9-17-14-24-26(15-17)19-7-5-4-6-8-19/h4-8,10-11,13-16H,9,12H2,1-3H3,(H,25,28). The number of amides is 1. The van der Waals surface area contributed by atoms with Crippen molar-refractivity contribution in [2.24, 2.45) is 0 Å². The number of hydrogen-bond acceptors (Lipinski definition) is 6. The van der Waals surface area contributed by atoms with Crippen LogP contribution in [0.15, 0.2) is 60.9 Å². The maximum absolute atomic E-state index is 12.4. The van der Waals surface area contributed by atoms with Crippen LogP contribution in [0.4, 0.5) is 5.69 Å². The number of esters is 1. The van der Waals surface area contributed by atoms with Gasteiger partial charge in [-0.3, -0.25) is 9.59 Å². The van der Waals surface area contributed by atoms with E-state index in [0.29, 0.717) is 23.6 Å². The minimum absolute atomic E-state index is 0.147. The predicted molar refractivity (Wildman–Crippen MR) is 116 cm³/mol. The highest BCUT2D eigenvalue weighted by molar-refractivity contribution is 5.95. The van der Waals surface area contributed by atoms with Crippen LogP contribution in [0.2, 0.25) is 0 Å². The monoisotopic (exact) mass is 423 g/mol. The Bertz CT molecular complexity index is 1030. The molecule has 8 heteroatoms. The summed E-state index contributed by atoms with van der Waals surface area (Å²) in [6, 6.07) is 14.7. The van der Waals surface area contributed by atoms with Gasteiger partial charge in [0.1, 0.15) is 0 Å². The summed E-state index contributed by atoms with van der Waals surface area (Å²) >= 11 is 0. The number of nitrogens with zero attached hydrogens (tertiary/aromatic N) is 2. The lowest BCUT2D eigenvalue weighted by atomic mass is 10.2. The number of methoxy groups -OCH3 is 2. The molecule has 3 aromatic rings. The fourth-order valence-corrected chi connectivity index (χ4v) is 2.93. The molecule has 3 rings (SSSR count). The molecule has 0 radical (unpaired) electrons. The SMILES string of the molecule is COc1ccc(NC(=O)C(C)OC(=O)CCc2cnn(-c3ccccc3)c2)cc1OC. The van der Waals surface area contributed by atoms with Crippen molar-refractivity contribution in [1.82, 2.24) is 9.78 Å². The Hall–Kier alpha value is -3.81. The molecule has 162 valence electrons. The fourth-order valence-electron chi connectivity index (χ4n) is 2.93. The van der Waals surface area contributed by atoms with Crippen LogP contribution in [0.3, 0.4) is 0 Å². The summed E-state index contributed by atoms with van der Waals surface area (Å²) in [5, 5.41) is 7.01. The average molecular weight is 423 g/mol. The maximum atomic E-state index is 12.4. The molecule has 1 atom stereocenters. The van der Waals surface area contributed by atoms with E-state index in [1.807, 2.05) is 36.5 Å². The minimum atomic E-state index is -0.937. The van der Waals surface area contributed by atoms with Crippen LogP contribution in [0, 0.1) is 0 Å². The zero-order valence-electron chi connectivity index (χ0n) is 17.7. The van der Waals surface area contributed by atoms with Gasteiger partial charge in [-0.25, -0.2) is 4.68 Å². The first-order valence-electron chi connectivity index (χ1n) is 9.81. The van der Waals surface area contributed by atoms with Gasteiger partial charge in [0, 0.05) is 24.4 Å². The van der Waals surface area contributed by atoms with Crippen LogP contribution in [0.25, 0.3) is 5.69 Å². The van der Waals surface area contributed by atoms with Crippen molar-refractivity contribution in [2.45, 2.75) is 25.9 Å². The van der Waals surface area contributed by atoms with Gasteiger partial charge >= 0.3 is 5.97 Å². The van der Waals surface area contributed by atoms with Crippen molar-refractivity contribution in [3.05, 3.63) is 66.5 Å². The van der Waals surface area contributed by atoms with Crippen LogP contribution < -0.4 is 14.8 Å². The van der Waals surface area contributed by atoms with E-state index in [1.54, 1.807) is 29.1 Å². The first kappa shape index (κ1) is 21.9. The molecule has 0 spiro atoms. The number of aromatic nitrogens is 2. The summed E-state index contributed by atoms with van der Waals surface area (Å²) in [7, 11) is 3.04. The van der Waals surface area contributed by atoms with Crippen molar-refractivity contribution in [1.29, 1.82) is 0 Å². The molecule has 1 heterocycles. The van der Waals surface area contributed by atoms with Crippen molar-refractivity contribution in [3.63, 3.8) is 0 Å². The molecule has 2 aromatic carbocycles. The van der Waals surface area contributed by atoms with Crippen LogP contribution in [0.5, 0.6) is 11.5 Å². The first-order chi connectivity index (χ1) is 15.0. The van der Waals surface area contributed by atoms with Gasteiger partial charge in [-0.15, -0.1) is 0 Å². The van der Waals surface area contributed by atoms with Crippen molar-refractivity contribution < 1.29 is 23.8 Å². The Labute approximate surface area is 180 Å². The summed E-state index contributed by atoms with van der Waals surface area (Å²) in [5.74, 6) is 0.149. The third kappa shape index (κ3) is 5.85. The molecule has 0 aliphatic heterocycles. The fraction of sp³-hybridized carbons (Fsp3) is 0.261. The number of para-hydroxylation sites is 1. The lowest BCUT2D eigenvalue weighted by Gasteiger charge is -2.14. The van der Waals surface area contributed by atoms with Gasteiger partial charge in [0.05, 0.1) is 26.1 Å². The van der Waals surface area contributed by atoms with Crippen LogP contribution in [-0.2, 0) is 20.7 Å². The third-order valence-corrected chi connectivity index (χ3v) is 4.60. The molecule has 1 N–H and O–H groups in total. The zero-order valence-corrected chi connectivity index (χ0v) is 17.7. The van der Waals surface area contributed by atoms with E-state index in [4.69, 9.17) is 14.2 Å². The minimum Gasteiger partial charge on any atom is -0.493 e. The van der Waals surface area contributed by atoms with E-state index in [2.05, 4.69) is 10.4 Å². The number of nitrogens with one attached hydrogen (secondary N) is 1. The topological polar surface area (TPSA) is 91.7 Å². The number of carbonyl (C=O) groups is 2. The molecule has 0 fully saturated rings. The molecule has 1 unspecified atom stereocenters. The van der Waals surface area contributed by atoms with Gasteiger partial charge in [-0.05, 0) is 43.2 Å². The molecule has 1 amide bonds. The van der Waals surface area contributed by atoms with E-state index >= 15 is 0 Å². The summed E-state index contributed by atoms with van der Waals surface area (Å²) in [6.45, 7) is 1.53. The van der Waals surface area contributed by atoms with E-state index < -0.39 is 18.0 Å². The largest absolute Gasteiger partial charge is 0.493 e. The van der Waals surface area contributed by atoms with E-state index in [-0.39, 0.29) is 6.42 Å². The van der Waals surface area contributed by atoms with Crippen LogP contribution in [0.1, 0.15) is 18.9 Å². The maximum Gasteiger partial charge on any atom is 0.306 e. The van der Waals surface area contributed by atoms with Gasteiger partial charge in [0.15, 0.2) is 17.6 Å². The van der Waals surface area contributed by atoms with Crippen molar-refractivity contribution >= 4 is 17.6 Å². The Morgan fingerprint density at radius 3 is 2.52 bits per heavy atom. The first-order valence-corrected chi connectivity index (χ1v) is 9.81. The molecule has 0 bridgehead atoms. The molecule has 0 aliphatic rings. The molecule has 8 nitrogen and oxygen atoms in total. The third-order valence-electron chi connectivity index (χ3n) is 4.60. The van der Waals surface area contributed by atoms with Gasteiger partial charge in [0.2, 0.25) is 0 Å². The summed E-state index contributed by atoms with van der Waals surface area (Å²) in [4.78, 5) is 24.5. The molecule has 0 saturated heterocycles. The lowest BCUT2D eigenvalue weighted by molar-refractivity contribution is -0.153. The molecule has 0 saturated carbocycles. The van der Waals surface area contributed by atoms with Crippen molar-refractivity contribution in [2.75, 3.05) is 19.5 Å². The summed E-state index contributed by atoms with van der Waals surface area (Å²) < 4.78 is 17.4. The number of aryl methyl sites for hydroxylation is 1. The summed E-state index contributed by atoms with van der Waals surface area (Å²) in [5.41, 5.74) is 2.36. The Morgan fingerprint density at radius 2 is 1.81 bits per heavy atom. The smallest absolute Gasteiger partial charge is 0.306 e. The van der Waals surface area contributed by atoms with Gasteiger partial charge in [0.25, 0.3) is 5.91 Å². The van der Waals surface area contributed by atoms with Gasteiger partial charge in [-0.1, -0.05) is 18.2 Å².